The molecule has 0 radical (unpaired) electrons. The van der Waals surface area contributed by atoms with Crippen LogP contribution in [0.3, 0.4) is 0 Å². The Labute approximate surface area is 185 Å². The van der Waals surface area contributed by atoms with Crippen molar-refractivity contribution in [3.8, 4) is 0 Å². The molecule has 1 aliphatic rings. The predicted octanol–water partition coefficient (Wildman–Crippen LogP) is 5.75. The van der Waals surface area contributed by atoms with Crippen LogP contribution < -0.4 is 10.0 Å². The van der Waals surface area contributed by atoms with Crippen molar-refractivity contribution in [2.24, 2.45) is 0 Å². The lowest BCUT2D eigenvalue weighted by Gasteiger charge is -2.28. The summed E-state index contributed by atoms with van der Waals surface area (Å²) in [5.41, 5.74) is 2.06. The fourth-order valence-corrected chi connectivity index (χ4v) is 6.55. The third kappa shape index (κ3) is 4.59. The third-order valence-electron chi connectivity index (χ3n) is 4.79. The van der Waals surface area contributed by atoms with E-state index in [0.717, 1.165) is 28.2 Å². The number of anilines is 1. The van der Waals surface area contributed by atoms with E-state index in [2.05, 4.69) is 23.9 Å². The van der Waals surface area contributed by atoms with Crippen molar-refractivity contribution in [3.63, 3.8) is 0 Å². The molecule has 29 heavy (non-hydrogen) atoms. The van der Waals surface area contributed by atoms with Crippen molar-refractivity contribution >= 4 is 50.2 Å². The fraction of sp³-hybridized carbons (Fsp3) is 0.400. The largest absolute Gasteiger partial charge is 0.386 e. The van der Waals surface area contributed by atoms with Crippen LogP contribution in [0.25, 0.3) is 0 Å². The van der Waals surface area contributed by atoms with Crippen LogP contribution in [0.5, 0.6) is 0 Å². The van der Waals surface area contributed by atoms with Gasteiger partial charge in [0.05, 0.1) is 5.60 Å². The van der Waals surface area contributed by atoms with Gasteiger partial charge in [-0.3, -0.25) is 4.72 Å². The van der Waals surface area contributed by atoms with Crippen LogP contribution in [0.15, 0.2) is 34.3 Å². The Kier molecular flexibility index (Phi) is 6.02. The average Bonchev–Trinajstić information content (AvgIpc) is 2.97. The molecule has 1 aromatic heterocycles. The zero-order valence-electron chi connectivity index (χ0n) is 16.8. The fourth-order valence-electron chi connectivity index (χ4n) is 3.28. The summed E-state index contributed by atoms with van der Waals surface area (Å²) in [6.07, 6.45) is 1.81. The van der Waals surface area contributed by atoms with E-state index < -0.39 is 15.6 Å². The summed E-state index contributed by atoms with van der Waals surface area (Å²) in [4.78, 5) is 0. The number of aliphatic hydroxyl groups is 1. The zero-order valence-corrected chi connectivity index (χ0v) is 19.9. The molecule has 1 unspecified atom stereocenters. The highest BCUT2D eigenvalue weighted by Gasteiger charge is 2.29. The molecule has 3 rings (SSSR count). The van der Waals surface area contributed by atoms with E-state index in [1.165, 1.54) is 6.07 Å². The maximum absolute atomic E-state index is 12.9. The van der Waals surface area contributed by atoms with Gasteiger partial charge in [-0.25, -0.2) is 8.42 Å². The van der Waals surface area contributed by atoms with Gasteiger partial charge in [-0.2, -0.15) is 0 Å². The first kappa shape index (κ1) is 22.4. The second-order valence-corrected chi connectivity index (χ2v) is 12.0. The summed E-state index contributed by atoms with van der Waals surface area (Å²) in [7, 11) is -3.87. The van der Waals surface area contributed by atoms with E-state index in [-0.39, 0.29) is 20.4 Å². The van der Waals surface area contributed by atoms with Crippen LogP contribution in [0.4, 0.5) is 5.69 Å². The molecule has 2 heterocycles. The molecule has 5 nitrogen and oxygen atoms in total. The second kappa shape index (κ2) is 7.78. The van der Waals surface area contributed by atoms with Crippen LogP contribution in [0.1, 0.15) is 63.1 Å². The maximum atomic E-state index is 12.9. The second-order valence-electron chi connectivity index (χ2n) is 8.03. The highest BCUT2D eigenvalue weighted by molar-refractivity contribution is 7.91. The maximum Gasteiger partial charge on any atom is 0.272 e. The molecule has 3 N–H and O–H groups in total. The minimum atomic E-state index is -3.87. The van der Waals surface area contributed by atoms with E-state index in [4.69, 9.17) is 23.2 Å². The summed E-state index contributed by atoms with van der Waals surface area (Å²) < 4.78 is 28.8. The standard InChI is InChI=1S/C20H24Cl2N2O3S2/c1-10(2)13-7-12(21)8-14-11(3)6-16(23-18(13)14)24-29(26,27)17-9-15(19(22)28-17)20(4,5)25/h6-11,23-25H,1-5H3. The molecule has 1 aromatic carbocycles. The van der Waals surface area contributed by atoms with Crippen LogP contribution in [0, 0.1) is 0 Å². The minimum Gasteiger partial charge on any atom is -0.386 e. The Morgan fingerprint density at radius 1 is 1.24 bits per heavy atom. The van der Waals surface area contributed by atoms with E-state index >= 15 is 0 Å². The molecule has 0 saturated carbocycles. The number of sulfonamides is 1. The van der Waals surface area contributed by atoms with Gasteiger partial charge in [-0.15, -0.1) is 11.3 Å². The molecular weight excluding hydrogens is 451 g/mol. The first-order chi connectivity index (χ1) is 13.3. The Balaban J connectivity index is 1.95. The van der Waals surface area contributed by atoms with E-state index in [1.54, 1.807) is 13.8 Å². The quantitative estimate of drug-likeness (QED) is 0.514. The molecule has 1 aliphatic heterocycles. The predicted molar refractivity (Wildman–Crippen MR) is 121 cm³/mol. The number of hydrogen-bond acceptors (Lipinski definition) is 5. The van der Waals surface area contributed by atoms with Crippen molar-refractivity contribution in [3.05, 3.63) is 56.1 Å². The summed E-state index contributed by atoms with van der Waals surface area (Å²) in [6, 6.07) is 5.21. The van der Waals surface area contributed by atoms with Gasteiger partial charge in [0.25, 0.3) is 10.0 Å². The van der Waals surface area contributed by atoms with Crippen molar-refractivity contribution in [2.75, 3.05) is 5.32 Å². The van der Waals surface area contributed by atoms with Gasteiger partial charge in [0.2, 0.25) is 0 Å². The van der Waals surface area contributed by atoms with Crippen molar-refractivity contribution < 1.29 is 13.5 Å². The highest BCUT2D eigenvalue weighted by Crippen LogP contribution is 2.40. The average molecular weight is 475 g/mol. The molecule has 0 saturated heterocycles. The number of thiophene rings is 1. The molecule has 0 fully saturated rings. The number of allylic oxidation sites excluding steroid dienone is 1. The van der Waals surface area contributed by atoms with E-state index in [1.807, 2.05) is 25.1 Å². The Morgan fingerprint density at radius 2 is 1.90 bits per heavy atom. The Hall–Kier alpha value is -1.25. The van der Waals surface area contributed by atoms with Crippen molar-refractivity contribution in [1.82, 2.24) is 4.72 Å². The van der Waals surface area contributed by atoms with Gasteiger partial charge in [0.15, 0.2) is 0 Å². The molecule has 0 bridgehead atoms. The molecule has 0 spiro atoms. The minimum absolute atomic E-state index is 0.0287. The normalized spacial score (nSPS) is 17.0. The monoisotopic (exact) mass is 474 g/mol. The van der Waals surface area contributed by atoms with Crippen LogP contribution in [-0.4, -0.2) is 13.5 Å². The molecule has 0 aliphatic carbocycles. The molecular formula is C20H24Cl2N2O3S2. The van der Waals surface area contributed by atoms with Gasteiger partial charge in [0.1, 0.15) is 14.4 Å². The lowest BCUT2D eigenvalue weighted by molar-refractivity contribution is 0.0790. The Bertz CT molecular complexity index is 1080. The summed E-state index contributed by atoms with van der Waals surface area (Å²) in [5, 5.41) is 14.1. The smallest absolute Gasteiger partial charge is 0.272 e. The van der Waals surface area contributed by atoms with E-state index in [0.29, 0.717) is 16.4 Å². The number of hydrogen-bond donors (Lipinski definition) is 3. The number of nitrogens with one attached hydrogen (secondary N) is 2. The van der Waals surface area contributed by atoms with Crippen LogP contribution in [-0.2, 0) is 15.6 Å². The number of benzene rings is 1. The van der Waals surface area contributed by atoms with Gasteiger partial charge < -0.3 is 10.4 Å². The molecule has 158 valence electrons. The zero-order chi connectivity index (χ0) is 21.7. The van der Waals surface area contributed by atoms with Gasteiger partial charge in [-0.1, -0.05) is 44.0 Å². The van der Waals surface area contributed by atoms with Gasteiger partial charge >= 0.3 is 0 Å². The molecule has 2 aromatic rings. The summed E-state index contributed by atoms with van der Waals surface area (Å²) >= 11 is 13.4. The van der Waals surface area contributed by atoms with Gasteiger partial charge in [0, 0.05) is 22.2 Å². The Morgan fingerprint density at radius 3 is 2.45 bits per heavy atom. The number of rotatable bonds is 5. The van der Waals surface area contributed by atoms with Crippen molar-refractivity contribution in [2.45, 2.75) is 56.3 Å². The highest BCUT2D eigenvalue weighted by atomic mass is 35.5. The first-order valence-corrected chi connectivity index (χ1v) is 12.2. The lowest BCUT2D eigenvalue weighted by atomic mass is 9.90. The molecule has 9 heteroatoms. The topological polar surface area (TPSA) is 78.4 Å². The number of halogens is 2. The SMILES string of the molecule is CC(C)c1cc(Cl)cc2c1NC(NS(=O)(=O)c1cc(C(C)(C)O)c(Cl)s1)=CC2C. The van der Waals surface area contributed by atoms with E-state index in [9.17, 15) is 13.5 Å². The summed E-state index contributed by atoms with van der Waals surface area (Å²) in [6.45, 7) is 9.24. The summed E-state index contributed by atoms with van der Waals surface area (Å²) in [5.74, 6) is 0.561. The number of fused-ring (bicyclic) bond motifs is 1. The first-order valence-electron chi connectivity index (χ1n) is 9.16. The van der Waals surface area contributed by atoms with Crippen LogP contribution >= 0.6 is 34.5 Å². The molecule has 0 amide bonds. The third-order valence-corrected chi connectivity index (χ3v) is 8.20. The van der Waals surface area contributed by atoms with Gasteiger partial charge in [-0.05, 0) is 55.2 Å². The molecule has 1 atom stereocenters. The van der Waals surface area contributed by atoms with Crippen molar-refractivity contribution in [1.29, 1.82) is 0 Å². The lowest BCUT2D eigenvalue weighted by Crippen LogP contribution is -2.29. The van der Waals surface area contributed by atoms with Crippen LogP contribution in [0.2, 0.25) is 9.36 Å².